The molecule has 0 saturated heterocycles. The molecule has 2 amide bonds. The molecule has 2 atom stereocenters. The number of hydrogen-bond acceptors (Lipinski definition) is 5. The summed E-state index contributed by atoms with van der Waals surface area (Å²) in [7, 11) is 1.38. The van der Waals surface area contributed by atoms with Crippen LogP contribution in [0.5, 0.6) is 0 Å². The van der Waals surface area contributed by atoms with Gasteiger partial charge in [0.1, 0.15) is 12.6 Å². The molecule has 35 heavy (non-hydrogen) atoms. The first-order valence-corrected chi connectivity index (χ1v) is 12.0. The highest BCUT2D eigenvalue weighted by molar-refractivity contribution is 5.91. The zero-order valence-electron chi connectivity index (χ0n) is 20.5. The summed E-state index contributed by atoms with van der Waals surface area (Å²) in [5.41, 5.74) is 2.87. The van der Waals surface area contributed by atoms with E-state index in [0.29, 0.717) is 12.8 Å². The third kappa shape index (κ3) is 5.82. The Morgan fingerprint density at radius 2 is 1.63 bits per heavy atom. The van der Waals surface area contributed by atoms with Crippen molar-refractivity contribution in [1.82, 2.24) is 10.6 Å². The predicted octanol–water partition coefficient (Wildman–Crippen LogP) is 4.08. The molecule has 1 aliphatic rings. The second-order valence-corrected chi connectivity index (χ2v) is 8.83. The van der Waals surface area contributed by atoms with Crippen molar-refractivity contribution in [3.8, 4) is 11.1 Å². The van der Waals surface area contributed by atoms with E-state index in [-0.39, 0.29) is 25.6 Å². The third-order valence-corrected chi connectivity index (χ3v) is 6.56. The van der Waals surface area contributed by atoms with Gasteiger partial charge in [-0.3, -0.25) is 4.79 Å². The van der Waals surface area contributed by atoms with Gasteiger partial charge in [0.15, 0.2) is 5.54 Å². The summed E-state index contributed by atoms with van der Waals surface area (Å²) in [6, 6.07) is 15.2. The molecule has 2 unspecified atom stereocenters. The van der Waals surface area contributed by atoms with Gasteiger partial charge in [-0.2, -0.15) is 0 Å². The van der Waals surface area contributed by atoms with Crippen LogP contribution in [-0.4, -0.2) is 55.0 Å². The van der Waals surface area contributed by atoms with Crippen LogP contribution in [0.2, 0.25) is 0 Å². The number of carboxylic acids is 1. The molecule has 0 bridgehead atoms. The maximum Gasteiger partial charge on any atom is 0.407 e. The highest BCUT2D eigenvalue weighted by Gasteiger charge is 2.40. The molecule has 0 spiro atoms. The largest absolute Gasteiger partial charge is 0.479 e. The van der Waals surface area contributed by atoms with Crippen LogP contribution in [0, 0.1) is 0 Å². The number of amides is 2. The summed E-state index contributed by atoms with van der Waals surface area (Å²) >= 11 is 0. The smallest absolute Gasteiger partial charge is 0.407 e. The molecule has 2 aromatic carbocycles. The SMILES string of the molecule is CCCCC(NC(=O)OCC1c2ccccc2-c2ccccc21)C(=O)NC(CC)(COC)C(=O)O. The van der Waals surface area contributed by atoms with Crippen LogP contribution in [0.4, 0.5) is 4.79 Å². The topological polar surface area (TPSA) is 114 Å². The predicted molar refractivity (Wildman–Crippen MR) is 132 cm³/mol. The quantitative estimate of drug-likeness (QED) is 0.420. The molecule has 2 aromatic rings. The van der Waals surface area contributed by atoms with Crippen LogP contribution in [0.1, 0.15) is 56.6 Å². The second kappa shape index (κ2) is 11.8. The Balaban J connectivity index is 1.69. The Hall–Kier alpha value is -3.39. The Kier molecular flexibility index (Phi) is 8.87. The van der Waals surface area contributed by atoms with Gasteiger partial charge in [-0.1, -0.05) is 75.2 Å². The lowest BCUT2D eigenvalue weighted by atomic mass is 9.96. The van der Waals surface area contributed by atoms with E-state index in [1.165, 1.54) is 7.11 Å². The maximum absolute atomic E-state index is 13.0. The number of carbonyl (C=O) groups is 3. The lowest BCUT2D eigenvalue weighted by molar-refractivity contribution is -0.150. The number of nitrogens with one attached hydrogen (secondary N) is 2. The van der Waals surface area contributed by atoms with Crippen molar-refractivity contribution >= 4 is 18.0 Å². The molecule has 0 radical (unpaired) electrons. The fourth-order valence-corrected chi connectivity index (χ4v) is 4.52. The summed E-state index contributed by atoms with van der Waals surface area (Å²) in [4.78, 5) is 37.6. The Morgan fingerprint density at radius 1 is 1.03 bits per heavy atom. The summed E-state index contributed by atoms with van der Waals surface area (Å²) in [5, 5.41) is 14.9. The molecule has 0 fully saturated rings. The third-order valence-electron chi connectivity index (χ3n) is 6.56. The van der Waals surface area contributed by atoms with Gasteiger partial charge in [0.05, 0.1) is 6.61 Å². The average molecular weight is 483 g/mol. The Bertz CT molecular complexity index is 1010. The number of methoxy groups -OCH3 is 1. The van der Waals surface area contributed by atoms with Crippen molar-refractivity contribution in [2.75, 3.05) is 20.3 Å². The van der Waals surface area contributed by atoms with Gasteiger partial charge in [0.25, 0.3) is 0 Å². The zero-order valence-corrected chi connectivity index (χ0v) is 20.5. The van der Waals surface area contributed by atoms with E-state index in [4.69, 9.17) is 9.47 Å². The van der Waals surface area contributed by atoms with Crippen molar-refractivity contribution in [3.63, 3.8) is 0 Å². The summed E-state index contributed by atoms with van der Waals surface area (Å²) in [6.07, 6.45) is 1.27. The van der Waals surface area contributed by atoms with E-state index in [2.05, 4.69) is 22.8 Å². The maximum atomic E-state index is 13.0. The molecule has 1 aliphatic carbocycles. The van der Waals surface area contributed by atoms with Crippen molar-refractivity contribution in [1.29, 1.82) is 0 Å². The van der Waals surface area contributed by atoms with Gasteiger partial charge in [-0.25, -0.2) is 9.59 Å². The van der Waals surface area contributed by atoms with E-state index < -0.39 is 29.6 Å². The van der Waals surface area contributed by atoms with E-state index in [0.717, 1.165) is 28.7 Å². The minimum Gasteiger partial charge on any atom is -0.479 e. The number of rotatable bonds is 12. The van der Waals surface area contributed by atoms with Crippen LogP contribution in [0.15, 0.2) is 48.5 Å². The molecule has 0 saturated carbocycles. The van der Waals surface area contributed by atoms with Gasteiger partial charge in [0, 0.05) is 13.0 Å². The number of carbonyl (C=O) groups excluding carboxylic acids is 2. The molecule has 3 rings (SSSR count). The van der Waals surface area contributed by atoms with Gasteiger partial charge in [-0.15, -0.1) is 0 Å². The van der Waals surface area contributed by atoms with Crippen molar-refractivity contribution in [3.05, 3.63) is 59.7 Å². The van der Waals surface area contributed by atoms with Crippen LogP contribution in [0.25, 0.3) is 11.1 Å². The van der Waals surface area contributed by atoms with Gasteiger partial charge in [-0.05, 0) is 35.1 Å². The van der Waals surface area contributed by atoms with Crippen LogP contribution in [-0.2, 0) is 19.1 Å². The molecule has 8 heteroatoms. The number of carboxylic acid groups (broad SMARTS) is 1. The highest BCUT2D eigenvalue weighted by atomic mass is 16.5. The first-order valence-electron chi connectivity index (χ1n) is 12.0. The Morgan fingerprint density at radius 3 is 2.14 bits per heavy atom. The van der Waals surface area contributed by atoms with Crippen LogP contribution in [0.3, 0.4) is 0 Å². The first kappa shape index (κ1) is 26.2. The fourth-order valence-electron chi connectivity index (χ4n) is 4.52. The molecule has 0 heterocycles. The van der Waals surface area contributed by atoms with Gasteiger partial charge in [0.2, 0.25) is 5.91 Å². The summed E-state index contributed by atoms with van der Waals surface area (Å²) in [6.45, 7) is 3.57. The highest BCUT2D eigenvalue weighted by Crippen LogP contribution is 2.44. The van der Waals surface area contributed by atoms with Crippen molar-refractivity contribution in [2.24, 2.45) is 0 Å². The molecule has 3 N–H and O–H groups in total. The monoisotopic (exact) mass is 482 g/mol. The zero-order chi connectivity index (χ0) is 25.4. The second-order valence-electron chi connectivity index (χ2n) is 8.83. The van der Waals surface area contributed by atoms with Gasteiger partial charge >= 0.3 is 12.1 Å². The molecule has 8 nitrogen and oxygen atoms in total. The first-order chi connectivity index (χ1) is 16.9. The number of benzene rings is 2. The molecular weight excluding hydrogens is 448 g/mol. The van der Waals surface area contributed by atoms with E-state index >= 15 is 0 Å². The standard InChI is InChI=1S/C27H34N2O6/c1-4-6-15-23(24(30)29-27(5-2,17-34-3)25(31)32)28-26(33)35-16-22-20-13-9-7-11-18(20)19-12-8-10-14-21(19)22/h7-14,22-23H,4-6,15-17H2,1-3H3,(H,28,33)(H,29,30)(H,31,32). The number of alkyl carbamates (subject to hydrolysis) is 1. The molecule has 0 aliphatic heterocycles. The minimum atomic E-state index is -1.57. The van der Waals surface area contributed by atoms with E-state index in [9.17, 15) is 19.5 Å². The molecule has 188 valence electrons. The molecular formula is C27H34N2O6. The number of hydrogen-bond donors (Lipinski definition) is 3. The summed E-state index contributed by atoms with van der Waals surface area (Å²) in [5.74, 6) is -1.86. The Labute approximate surface area is 206 Å². The normalized spacial score (nSPS) is 14.8. The van der Waals surface area contributed by atoms with E-state index in [1.807, 2.05) is 43.3 Å². The number of fused-ring (bicyclic) bond motifs is 3. The lowest BCUT2D eigenvalue weighted by Gasteiger charge is -2.30. The van der Waals surface area contributed by atoms with Crippen LogP contribution >= 0.6 is 0 Å². The minimum absolute atomic E-state index is 0.0995. The van der Waals surface area contributed by atoms with Crippen LogP contribution < -0.4 is 10.6 Å². The number of unbranched alkanes of at least 4 members (excludes halogenated alkanes) is 1. The number of aliphatic carboxylic acids is 1. The summed E-state index contributed by atoms with van der Waals surface area (Å²) < 4.78 is 10.6. The fraction of sp³-hybridized carbons (Fsp3) is 0.444. The van der Waals surface area contributed by atoms with Crippen molar-refractivity contribution in [2.45, 2.75) is 57.0 Å². The van der Waals surface area contributed by atoms with E-state index in [1.54, 1.807) is 6.92 Å². The van der Waals surface area contributed by atoms with Crippen molar-refractivity contribution < 1.29 is 29.0 Å². The average Bonchev–Trinajstić information content (AvgIpc) is 3.18. The molecule has 0 aromatic heterocycles. The van der Waals surface area contributed by atoms with Gasteiger partial charge < -0.3 is 25.2 Å². The lowest BCUT2D eigenvalue weighted by Crippen LogP contribution is -2.61. The number of ether oxygens (including phenoxy) is 2.